The van der Waals surface area contributed by atoms with Crippen LogP contribution in [0.15, 0.2) is 95.9 Å². The largest absolute Gasteiger partial charge is 0.280 e. The normalized spacial score (nSPS) is 16.6. The molecule has 0 spiro atoms. The number of fused-ring (bicyclic) bond motifs is 3. The van der Waals surface area contributed by atoms with Crippen molar-refractivity contribution < 1.29 is 13.6 Å². The van der Waals surface area contributed by atoms with Crippen LogP contribution in [-0.2, 0) is 11.2 Å². The number of hydrogen-bond acceptors (Lipinski definition) is 3. The van der Waals surface area contributed by atoms with Crippen LogP contribution in [0.1, 0.15) is 28.2 Å². The van der Waals surface area contributed by atoms with Gasteiger partial charge in [-0.2, -0.15) is 15.2 Å². The van der Waals surface area contributed by atoms with Gasteiger partial charge in [0, 0.05) is 29.4 Å². The van der Waals surface area contributed by atoms with Gasteiger partial charge in [0.15, 0.2) is 0 Å². The highest BCUT2D eigenvalue weighted by molar-refractivity contribution is 6.36. The molecule has 1 atom stereocenters. The van der Waals surface area contributed by atoms with Crippen molar-refractivity contribution in [3.63, 3.8) is 0 Å². The first-order valence-electron chi connectivity index (χ1n) is 11.3. The van der Waals surface area contributed by atoms with Gasteiger partial charge in [-0.05, 0) is 60.9 Å². The molecule has 0 N–H and O–H groups in total. The summed E-state index contributed by atoms with van der Waals surface area (Å²) in [6.45, 7) is 1.88. The number of hydrazone groups is 1. The monoisotopic (exact) mass is 466 g/mol. The third-order valence-electron chi connectivity index (χ3n) is 6.50. The van der Waals surface area contributed by atoms with Crippen molar-refractivity contribution in [2.75, 3.05) is 5.01 Å². The minimum atomic E-state index is -0.593. The van der Waals surface area contributed by atoms with Crippen molar-refractivity contribution in [2.24, 2.45) is 5.10 Å². The molecule has 0 fully saturated rings. The lowest BCUT2D eigenvalue weighted by Gasteiger charge is -2.24. The second kappa shape index (κ2) is 8.13. The summed E-state index contributed by atoms with van der Waals surface area (Å²) in [7, 11) is 0. The Morgan fingerprint density at radius 1 is 0.943 bits per heavy atom. The fourth-order valence-corrected chi connectivity index (χ4v) is 4.79. The molecule has 1 aliphatic heterocycles. The summed E-state index contributed by atoms with van der Waals surface area (Å²) in [5.74, 6) is -1.97. The lowest BCUT2D eigenvalue weighted by molar-refractivity contribution is -0.114. The third kappa shape index (κ3) is 3.47. The summed E-state index contributed by atoms with van der Waals surface area (Å²) in [5, 5.41) is 9.97. The molecule has 4 aromatic rings. The Balaban J connectivity index is 1.42. The van der Waals surface area contributed by atoms with Crippen LogP contribution in [0.5, 0.6) is 0 Å². The smallest absolute Gasteiger partial charge is 0.267 e. The van der Waals surface area contributed by atoms with Crippen LogP contribution in [0, 0.1) is 18.6 Å². The van der Waals surface area contributed by atoms with Gasteiger partial charge in [0.05, 0.1) is 16.9 Å². The fraction of sp³-hybridized carbons (Fsp3) is 0.107. The Labute approximate surface area is 200 Å². The molecule has 1 aliphatic carbocycles. The molecule has 6 rings (SSSR count). The Morgan fingerprint density at radius 3 is 2.46 bits per heavy atom. The minimum Gasteiger partial charge on any atom is -0.267 e. The Hall–Kier alpha value is -4.39. The highest BCUT2D eigenvalue weighted by atomic mass is 19.1. The topological polar surface area (TPSA) is 50.5 Å². The zero-order valence-corrected chi connectivity index (χ0v) is 18.8. The summed E-state index contributed by atoms with van der Waals surface area (Å²) in [4.78, 5) is 13.4. The van der Waals surface area contributed by atoms with E-state index in [1.807, 2.05) is 61.7 Å². The van der Waals surface area contributed by atoms with E-state index in [0.29, 0.717) is 17.7 Å². The van der Waals surface area contributed by atoms with Gasteiger partial charge in [-0.1, -0.05) is 36.4 Å². The lowest BCUT2D eigenvalue weighted by Crippen LogP contribution is -2.25. The average Bonchev–Trinajstić information content (AvgIpc) is 3.51. The number of amides is 1. The summed E-state index contributed by atoms with van der Waals surface area (Å²) in [6, 6.07) is 19.1. The molecule has 35 heavy (non-hydrogen) atoms. The summed E-state index contributed by atoms with van der Waals surface area (Å²) in [6.07, 6.45) is 5.68. The Bertz CT molecular complexity index is 1520. The van der Waals surface area contributed by atoms with Crippen LogP contribution in [-0.4, -0.2) is 21.4 Å². The van der Waals surface area contributed by atoms with E-state index in [9.17, 15) is 4.79 Å². The van der Waals surface area contributed by atoms with Crippen molar-refractivity contribution in [1.29, 1.82) is 0 Å². The number of aromatic nitrogens is 2. The van der Waals surface area contributed by atoms with Gasteiger partial charge in [-0.15, -0.1) is 0 Å². The number of aryl methyl sites for hydroxylation is 1. The molecule has 0 bridgehead atoms. The fourth-order valence-electron chi connectivity index (χ4n) is 4.79. The second-order valence-corrected chi connectivity index (χ2v) is 8.68. The predicted molar refractivity (Wildman–Crippen MR) is 130 cm³/mol. The molecule has 2 aliphatic rings. The second-order valence-electron chi connectivity index (χ2n) is 8.68. The molecular formula is C28H20F2N4O. The summed E-state index contributed by atoms with van der Waals surface area (Å²) >= 11 is 0. The number of carbonyl (C=O) groups is 1. The quantitative estimate of drug-likeness (QED) is 0.400. The van der Waals surface area contributed by atoms with E-state index in [0.717, 1.165) is 28.9 Å². The number of halogens is 2. The van der Waals surface area contributed by atoms with E-state index in [2.05, 4.69) is 10.2 Å². The number of para-hydroxylation sites is 1. The van der Waals surface area contributed by atoms with E-state index in [4.69, 9.17) is 0 Å². The van der Waals surface area contributed by atoms with E-state index in [1.54, 1.807) is 23.0 Å². The Morgan fingerprint density at radius 2 is 1.71 bits per heavy atom. The minimum absolute atomic E-state index is 0.0603. The predicted octanol–water partition coefficient (Wildman–Crippen LogP) is 5.48. The van der Waals surface area contributed by atoms with Gasteiger partial charge in [-0.3, -0.25) is 4.79 Å². The van der Waals surface area contributed by atoms with Gasteiger partial charge >= 0.3 is 0 Å². The number of benzene rings is 3. The average molecular weight is 466 g/mol. The highest BCUT2D eigenvalue weighted by Crippen LogP contribution is 2.40. The molecule has 0 radical (unpaired) electrons. The van der Waals surface area contributed by atoms with Crippen LogP contribution in [0.25, 0.3) is 5.69 Å². The van der Waals surface area contributed by atoms with E-state index in [1.165, 1.54) is 5.01 Å². The van der Waals surface area contributed by atoms with Crippen molar-refractivity contribution >= 4 is 17.3 Å². The number of hydrogen-bond donors (Lipinski definition) is 0. The van der Waals surface area contributed by atoms with E-state index >= 15 is 8.78 Å². The van der Waals surface area contributed by atoms with Crippen molar-refractivity contribution in [3.05, 3.63) is 125 Å². The molecule has 5 nitrogen and oxygen atoms in total. The first-order valence-corrected chi connectivity index (χ1v) is 11.3. The summed E-state index contributed by atoms with van der Waals surface area (Å²) in [5.41, 5.74) is 4.06. The van der Waals surface area contributed by atoms with Crippen LogP contribution >= 0.6 is 0 Å². The standard InChI is InChI=1S/C28H20F2N4O/c1-17-5-2-3-6-24(17)34-28(35)21-16-19(25-22(29)11-12-23(30)26(25)27(21)32-34)15-18-7-9-20(10-8-18)33-14-4-13-31-33/h2-14,16,19H,15H2,1H3. The van der Waals surface area contributed by atoms with Crippen LogP contribution in [0.2, 0.25) is 0 Å². The van der Waals surface area contributed by atoms with Crippen LogP contribution < -0.4 is 5.01 Å². The number of carbonyl (C=O) groups excluding carboxylic acids is 1. The maximum atomic E-state index is 15.1. The SMILES string of the molecule is Cc1ccccc1N1N=C2C(=CC(Cc3ccc(-n4cccn4)cc3)c3c(F)ccc(F)c32)C1=O. The molecule has 3 aromatic carbocycles. The van der Waals surface area contributed by atoms with Gasteiger partial charge in [0.25, 0.3) is 5.91 Å². The van der Waals surface area contributed by atoms with Crippen LogP contribution in [0.4, 0.5) is 14.5 Å². The molecule has 1 unspecified atom stereocenters. The van der Waals surface area contributed by atoms with Gasteiger partial charge < -0.3 is 0 Å². The van der Waals surface area contributed by atoms with E-state index < -0.39 is 17.6 Å². The molecule has 7 heteroatoms. The zero-order valence-electron chi connectivity index (χ0n) is 18.8. The Kier molecular flexibility index (Phi) is 4.91. The van der Waals surface area contributed by atoms with Gasteiger partial charge in [0.1, 0.15) is 17.3 Å². The third-order valence-corrected chi connectivity index (χ3v) is 6.50. The van der Waals surface area contributed by atoms with Gasteiger partial charge in [0.2, 0.25) is 0 Å². The number of anilines is 1. The first-order chi connectivity index (χ1) is 17.0. The van der Waals surface area contributed by atoms with Crippen molar-refractivity contribution in [3.8, 4) is 5.69 Å². The highest BCUT2D eigenvalue weighted by Gasteiger charge is 2.40. The number of rotatable bonds is 4. The van der Waals surface area contributed by atoms with Crippen molar-refractivity contribution in [1.82, 2.24) is 9.78 Å². The maximum Gasteiger partial charge on any atom is 0.280 e. The molecule has 172 valence electrons. The van der Waals surface area contributed by atoms with E-state index in [-0.39, 0.29) is 22.7 Å². The van der Waals surface area contributed by atoms with Crippen molar-refractivity contribution in [2.45, 2.75) is 19.3 Å². The first kappa shape index (κ1) is 21.2. The zero-order chi connectivity index (χ0) is 24.1. The molecule has 0 saturated heterocycles. The molecule has 0 saturated carbocycles. The summed E-state index contributed by atoms with van der Waals surface area (Å²) < 4.78 is 32.0. The molecule has 1 amide bonds. The maximum absolute atomic E-state index is 15.1. The number of allylic oxidation sites excluding steroid dienone is 1. The number of nitrogens with zero attached hydrogens (tertiary/aromatic N) is 4. The van der Waals surface area contributed by atoms with Gasteiger partial charge in [-0.25, -0.2) is 13.5 Å². The van der Waals surface area contributed by atoms with Crippen LogP contribution in [0.3, 0.4) is 0 Å². The molecule has 1 aromatic heterocycles. The molecular weight excluding hydrogens is 446 g/mol. The molecule has 2 heterocycles. The lowest BCUT2D eigenvalue weighted by atomic mass is 9.79.